The van der Waals surface area contributed by atoms with Crippen LogP contribution in [0.15, 0.2) is 0 Å². The highest BCUT2D eigenvalue weighted by Gasteiger charge is 2.63. The minimum atomic E-state index is 0.637. The van der Waals surface area contributed by atoms with E-state index in [1.54, 1.807) is 0 Å². The van der Waals surface area contributed by atoms with Gasteiger partial charge in [0.15, 0.2) is 0 Å². The van der Waals surface area contributed by atoms with Crippen molar-refractivity contribution in [1.82, 2.24) is 0 Å². The summed E-state index contributed by atoms with van der Waals surface area (Å²) < 4.78 is 0. The molecule has 3 unspecified atom stereocenters. The molecule has 0 saturated heterocycles. The first-order valence-corrected chi connectivity index (χ1v) is 4.47. The normalized spacial score (nSPS) is 56.4. The molecule has 0 radical (unpaired) electrons. The van der Waals surface area contributed by atoms with E-state index in [0.29, 0.717) is 5.41 Å². The Balaban J connectivity index is 2.25. The Hall–Kier alpha value is 0. The maximum atomic E-state index is 2.47. The van der Waals surface area contributed by atoms with Gasteiger partial charge in [-0.05, 0) is 35.5 Å². The van der Waals surface area contributed by atoms with E-state index >= 15 is 0 Å². The first-order valence-electron chi connectivity index (χ1n) is 4.47. The average Bonchev–Trinajstić information content (AvgIpc) is 2.36. The lowest BCUT2D eigenvalue weighted by molar-refractivity contribution is 0.198. The van der Waals surface area contributed by atoms with Gasteiger partial charge in [0.05, 0.1) is 0 Å². The second kappa shape index (κ2) is 1.44. The molecular weight excluding hydrogens is 120 g/mol. The van der Waals surface area contributed by atoms with E-state index in [4.69, 9.17) is 0 Å². The number of hydrogen-bond acceptors (Lipinski definition) is 0. The Morgan fingerprint density at radius 1 is 1.10 bits per heavy atom. The summed E-state index contributed by atoms with van der Waals surface area (Å²) in [5, 5.41) is 0. The molecule has 0 bridgehead atoms. The van der Waals surface area contributed by atoms with Gasteiger partial charge in [-0.1, -0.05) is 27.7 Å². The molecule has 0 nitrogen and oxygen atoms in total. The molecule has 0 aromatic carbocycles. The van der Waals surface area contributed by atoms with Crippen LogP contribution in [0.4, 0.5) is 0 Å². The molecule has 3 atom stereocenters. The minimum absolute atomic E-state index is 0.637. The summed E-state index contributed by atoms with van der Waals surface area (Å²) in [4.78, 5) is 0. The Kier molecular flexibility index (Phi) is 0.964. The quantitative estimate of drug-likeness (QED) is 0.482. The van der Waals surface area contributed by atoms with Crippen LogP contribution in [-0.4, -0.2) is 0 Å². The first kappa shape index (κ1) is 6.69. The van der Waals surface area contributed by atoms with Gasteiger partial charge in [-0.2, -0.15) is 0 Å². The second-order valence-corrected chi connectivity index (χ2v) is 5.32. The van der Waals surface area contributed by atoms with E-state index in [1.807, 2.05) is 0 Å². The third kappa shape index (κ3) is 0.580. The van der Waals surface area contributed by atoms with Crippen molar-refractivity contribution in [1.29, 1.82) is 0 Å². The zero-order valence-electron chi connectivity index (χ0n) is 7.57. The maximum absolute atomic E-state index is 2.47. The van der Waals surface area contributed by atoms with Crippen molar-refractivity contribution in [2.75, 3.05) is 0 Å². The number of hydrogen-bond donors (Lipinski definition) is 0. The van der Waals surface area contributed by atoms with E-state index in [1.165, 1.54) is 12.8 Å². The zero-order chi connectivity index (χ0) is 7.57. The fourth-order valence-electron chi connectivity index (χ4n) is 3.01. The smallest absolute Gasteiger partial charge is 0.0264 e. The Morgan fingerprint density at radius 3 is 1.90 bits per heavy atom. The van der Waals surface area contributed by atoms with Crippen LogP contribution >= 0.6 is 0 Å². The van der Waals surface area contributed by atoms with Crippen molar-refractivity contribution < 1.29 is 0 Å². The van der Waals surface area contributed by atoms with E-state index in [-0.39, 0.29) is 0 Å². The van der Waals surface area contributed by atoms with Gasteiger partial charge in [0.25, 0.3) is 0 Å². The summed E-state index contributed by atoms with van der Waals surface area (Å²) in [5.41, 5.74) is 1.39. The van der Waals surface area contributed by atoms with Crippen molar-refractivity contribution in [3.8, 4) is 0 Å². The summed E-state index contributed by atoms with van der Waals surface area (Å²) >= 11 is 0. The van der Waals surface area contributed by atoms with Crippen LogP contribution in [0.2, 0.25) is 0 Å². The van der Waals surface area contributed by atoms with Crippen LogP contribution in [0.1, 0.15) is 40.5 Å². The van der Waals surface area contributed by atoms with E-state index in [0.717, 1.165) is 17.3 Å². The Morgan fingerprint density at radius 2 is 1.70 bits per heavy atom. The van der Waals surface area contributed by atoms with E-state index in [2.05, 4.69) is 27.7 Å². The van der Waals surface area contributed by atoms with Crippen molar-refractivity contribution in [3.63, 3.8) is 0 Å². The lowest BCUT2D eigenvalue weighted by Gasteiger charge is -2.29. The SMILES string of the molecule is CC1C(C)(C)CC2CC21C. The number of rotatable bonds is 0. The molecule has 10 heavy (non-hydrogen) atoms. The number of fused-ring (bicyclic) bond motifs is 1. The topological polar surface area (TPSA) is 0 Å². The van der Waals surface area contributed by atoms with Gasteiger partial charge in [0.1, 0.15) is 0 Å². The lowest BCUT2D eigenvalue weighted by Crippen LogP contribution is -2.21. The van der Waals surface area contributed by atoms with Gasteiger partial charge in [-0.15, -0.1) is 0 Å². The molecule has 0 spiro atoms. The van der Waals surface area contributed by atoms with Gasteiger partial charge < -0.3 is 0 Å². The van der Waals surface area contributed by atoms with E-state index in [9.17, 15) is 0 Å². The molecule has 0 heterocycles. The van der Waals surface area contributed by atoms with Gasteiger partial charge in [-0.25, -0.2) is 0 Å². The van der Waals surface area contributed by atoms with Crippen LogP contribution < -0.4 is 0 Å². The van der Waals surface area contributed by atoms with Crippen LogP contribution in [0.3, 0.4) is 0 Å². The third-order valence-corrected chi connectivity index (χ3v) is 4.39. The van der Waals surface area contributed by atoms with Crippen LogP contribution in [0, 0.1) is 22.7 Å². The second-order valence-electron chi connectivity index (χ2n) is 5.32. The van der Waals surface area contributed by atoms with Gasteiger partial charge in [0.2, 0.25) is 0 Å². The van der Waals surface area contributed by atoms with Crippen LogP contribution in [0.25, 0.3) is 0 Å². The van der Waals surface area contributed by atoms with Crippen molar-refractivity contribution in [3.05, 3.63) is 0 Å². The average molecular weight is 138 g/mol. The molecule has 2 aliphatic rings. The predicted octanol–water partition coefficient (Wildman–Crippen LogP) is 3.08. The van der Waals surface area contributed by atoms with Gasteiger partial charge in [0, 0.05) is 0 Å². The lowest BCUT2D eigenvalue weighted by atomic mass is 9.76. The summed E-state index contributed by atoms with van der Waals surface area (Å²) in [6.07, 6.45) is 2.99. The van der Waals surface area contributed by atoms with E-state index < -0.39 is 0 Å². The molecule has 2 fully saturated rings. The molecule has 0 aromatic rings. The monoisotopic (exact) mass is 138 g/mol. The predicted molar refractivity (Wildman–Crippen MR) is 43.8 cm³/mol. The van der Waals surface area contributed by atoms with Crippen molar-refractivity contribution in [2.45, 2.75) is 40.5 Å². The van der Waals surface area contributed by atoms with Gasteiger partial charge >= 0.3 is 0 Å². The molecule has 2 rings (SSSR count). The van der Waals surface area contributed by atoms with Crippen LogP contribution in [0.5, 0.6) is 0 Å². The molecule has 0 N–H and O–H groups in total. The third-order valence-electron chi connectivity index (χ3n) is 4.39. The standard InChI is InChI=1S/C10H18/c1-7-9(2,3)5-8-6-10(7,8)4/h7-8H,5-6H2,1-4H3. The van der Waals surface area contributed by atoms with Crippen molar-refractivity contribution >= 4 is 0 Å². The Labute approximate surface area is 64.0 Å². The molecule has 0 heteroatoms. The minimum Gasteiger partial charge on any atom is -0.0615 e. The molecule has 2 saturated carbocycles. The molecule has 0 aromatic heterocycles. The first-order chi connectivity index (χ1) is 4.47. The molecule has 58 valence electrons. The summed E-state index contributed by atoms with van der Waals surface area (Å²) in [5.74, 6) is 2.03. The van der Waals surface area contributed by atoms with Crippen molar-refractivity contribution in [2.24, 2.45) is 22.7 Å². The fraction of sp³-hybridized carbons (Fsp3) is 1.00. The molecular formula is C10H18. The fourth-order valence-corrected chi connectivity index (χ4v) is 3.01. The molecule has 0 aliphatic heterocycles. The highest BCUT2D eigenvalue weighted by molar-refractivity contribution is 5.12. The van der Waals surface area contributed by atoms with Gasteiger partial charge in [-0.3, -0.25) is 0 Å². The molecule has 0 amide bonds. The highest BCUT2D eigenvalue weighted by Crippen LogP contribution is 2.71. The Bertz CT molecular complexity index is 164. The molecule has 2 aliphatic carbocycles. The summed E-state index contributed by atoms with van der Waals surface area (Å²) in [7, 11) is 0. The maximum Gasteiger partial charge on any atom is -0.0264 e. The largest absolute Gasteiger partial charge is 0.0615 e. The summed E-state index contributed by atoms with van der Waals surface area (Å²) in [6, 6.07) is 0. The highest BCUT2D eigenvalue weighted by atomic mass is 14.7. The zero-order valence-corrected chi connectivity index (χ0v) is 7.57. The van der Waals surface area contributed by atoms with Crippen LogP contribution in [-0.2, 0) is 0 Å². The summed E-state index contributed by atoms with van der Waals surface area (Å²) in [6.45, 7) is 9.76.